The van der Waals surface area contributed by atoms with Gasteiger partial charge in [-0.2, -0.15) is 0 Å². The van der Waals surface area contributed by atoms with Gasteiger partial charge in [-0.15, -0.1) is 10.2 Å². The van der Waals surface area contributed by atoms with Gasteiger partial charge < -0.3 is 14.6 Å². The molecule has 0 radical (unpaired) electrons. The monoisotopic (exact) mass is 464 g/mol. The molecule has 2 aromatic carbocycles. The van der Waals surface area contributed by atoms with E-state index >= 15 is 0 Å². The summed E-state index contributed by atoms with van der Waals surface area (Å²) in [7, 11) is 1.67. The first-order chi connectivity index (χ1) is 16.0. The summed E-state index contributed by atoms with van der Waals surface area (Å²) < 4.78 is 7.60. The second-order valence-electron chi connectivity index (χ2n) is 8.68. The van der Waals surface area contributed by atoms with Crippen molar-refractivity contribution in [1.29, 1.82) is 0 Å². The highest BCUT2D eigenvalue weighted by atomic mass is 32.2. The Balaban J connectivity index is 1.51. The van der Waals surface area contributed by atoms with E-state index in [-0.39, 0.29) is 5.78 Å². The van der Waals surface area contributed by atoms with Gasteiger partial charge in [0.25, 0.3) is 0 Å². The number of Topliss-reactive ketones (excluding diaryl/α,β-unsaturated/α-hetero) is 1. The number of rotatable bonds is 9. The summed E-state index contributed by atoms with van der Waals surface area (Å²) in [4.78, 5) is 13.0. The Bertz CT molecular complexity index is 1110. The number of hydrogen-bond acceptors (Lipinski definition) is 6. The van der Waals surface area contributed by atoms with Crippen LogP contribution in [0.1, 0.15) is 65.5 Å². The van der Waals surface area contributed by atoms with E-state index in [0.29, 0.717) is 18.3 Å². The lowest BCUT2D eigenvalue weighted by Crippen LogP contribution is -2.18. The molecule has 1 saturated carbocycles. The van der Waals surface area contributed by atoms with E-state index < -0.39 is 0 Å². The van der Waals surface area contributed by atoms with Crippen molar-refractivity contribution in [3.05, 3.63) is 65.0 Å². The minimum atomic E-state index is 0.135. The van der Waals surface area contributed by atoms with E-state index in [0.717, 1.165) is 51.9 Å². The zero-order chi connectivity index (χ0) is 23.2. The SMILES string of the molecule is COc1cccc(NCc2nnc(SCC(=O)c3cc(C)ccc3C)n2C2CCCCC2)c1. The first kappa shape index (κ1) is 23.4. The minimum Gasteiger partial charge on any atom is -0.497 e. The van der Waals surface area contributed by atoms with Crippen LogP contribution in [0.5, 0.6) is 5.75 Å². The van der Waals surface area contributed by atoms with E-state index in [9.17, 15) is 4.79 Å². The van der Waals surface area contributed by atoms with Crippen LogP contribution in [0.25, 0.3) is 0 Å². The molecule has 33 heavy (non-hydrogen) atoms. The van der Waals surface area contributed by atoms with Gasteiger partial charge in [0.2, 0.25) is 0 Å². The van der Waals surface area contributed by atoms with E-state index in [1.54, 1.807) is 7.11 Å². The third-order valence-corrected chi connectivity index (χ3v) is 7.16. The fourth-order valence-corrected chi connectivity index (χ4v) is 5.30. The van der Waals surface area contributed by atoms with Crippen molar-refractivity contribution < 1.29 is 9.53 Å². The molecule has 0 spiro atoms. The maximum Gasteiger partial charge on any atom is 0.191 e. The highest BCUT2D eigenvalue weighted by Crippen LogP contribution is 2.33. The highest BCUT2D eigenvalue weighted by molar-refractivity contribution is 7.99. The lowest BCUT2D eigenvalue weighted by atomic mass is 9.95. The molecule has 0 amide bonds. The Morgan fingerprint density at radius 2 is 1.94 bits per heavy atom. The molecule has 1 N–H and O–H groups in total. The zero-order valence-electron chi connectivity index (χ0n) is 19.6. The van der Waals surface area contributed by atoms with Crippen LogP contribution in [0.2, 0.25) is 0 Å². The second-order valence-corrected chi connectivity index (χ2v) is 9.62. The molecular formula is C26H32N4O2S. The molecule has 0 aliphatic heterocycles. The lowest BCUT2D eigenvalue weighted by molar-refractivity contribution is 0.102. The van der Waals surface area contributed by atoms with Crippen LogP contribution in [0.15, 0.2) is 47.6 Å². The normalized spacial score (nSPS) is 14.3. The summed E-state index contributed by atoms with van der Waals surface area (Å²) in [6.07, 6.45) is 5.98. The molecule has 6 nitrogen and oxygen atoms in total. The second kappa shape index (κ2) is 10.9. The molecule has 0 unspecified atom stereocenters. The number of nitrogens with one attached hydrogen (secondary N) is 1. The Kier molecular flexibility index (Phi) is 7.70. The highest BCUT2D eigenvalue weighted by Gasteiger charge is 2.24. The van der Waals surface area contributed by atoms with Crippen LogP contribution >= 0.6 is 11.8 Å². The molecule has 4 rings (SSSR count). The zero-order valence-corrected chi connectivity index (χ0v) is 20.5. The topological polar surface area (TPSA) is 69.0 Å². The molecule has 1 aliphatic carbocycles. The molecule has 174 valence electrons. The van der Waals surface area contributed by atoms with Crippen molar-refractivity contribution >= 4 is 23.2 Å². The average Bonchev–Trinajstić information content (AvgIpc) is 3.26. The van der Waals surface area contributed by atoms with Gasteiger partial charge in [-0.05, 0) is 50.5 Å². The summed E-state index contributed by atoms with van der Waals surface area (Å²) in [5.41, 5.74) is 3.89. The number of ketones is 1. The quantitative estimate of drug-likeness (QED) is 0.310. The average molecular weight is 465 g/mol. The van der Waals surface area contributed by atoms with Gasteiger partial charge in [0.05, 0.1) is 19.4 Å². The van der Waals surface area contributed by atoms with Gasteiger partial charge in [-0.3, -0.25) is 4.79 Å². The van der Waals surface area contributed by atoms with Crippen molar-refractivity contribution in [2.24, 2.45) is 0 Å². The van der Waals surface area contributed by atoms with Crippen LogP contribution in [0, 0.1) is 13.8 Å². The van der Waals surface area contributed by atoms with Crippen molar-refractivity contribution in [3.63, 3.8) is 0 Å². The number of aromatic nitrogens is 3. The molecule has 7 heteroatoms. The molecule has 3 aromatic rings. The fourth-order valence-electron chi connectivity index (χ4n) is 4.39. The molecule has 0 bridgehead atoms. The molecule has 1 fully saturated rings. The summed E-state index contributed by atoms with van der Waals surface area (Å²) in [5.74, 6) is 2.22. The Labute approximate surface area is 200 Å². The number of benzene rings is 2. The summed E-state index contributed by atoms with van der Waals surface area (Å²) >= 11 is 1.50. The minimum absolute atomic E-state index is 0.135. The number of carbonyl (C=O) groups is 1. The van der Waals surface area contributed by atoms with Crippen LogP contribution in [-0.4, -0.2) is 33.4 Å². The number of ether oxygens (including phenoxy) is 1. The summed E-state index contributed by atoms with van der Waals surface area (Å²) in [5, 5.41) is 13.3. The van der Waals surface area contributed by atoms with Crippen molar-refractivity contribution in [3.8, 4) is 5.75 Å². The molecule has 1 heterocycles. The van der Waals surface area contributed by atoms with Crippen molar-refractivity contribution in [2.75, 3.05) is 18.2 Å². The fraction of sp³-hybridized carbons (Fsp3) is 0.423. The summed E-state index contributed by atoms with van der Waals surface area (Å²) in [6, 6.07) is 14.3. The molecule has 0 saturated heterocycles. The molecule has 1 aliphatic rings. The predicted octanol–water partition coefficient (Wildman–Crippen LogP) is 6.00. The van der Waals surface area contributed by atoms with Gasteiger partial charge in [0.15, 0.2) is 16.8 Å². The van der Waals surface area contributed by atoms with Gasteiger partial charge in [0, 0.05) is 23.4 Å². The number of thioether (sulfide) groups is 1. The lowest BCUT2D eigenvalue weighted by Gasteiger charge is -2.25. The van der Waals surface area contributed by atoms with Crippen LogP contribution in [0.4, 0.5) is 5.69 Å². The summed E-state index contributed by atoms with van der Waals surface area (Å²) in [6.45, 7) is 4.58. The van der Waals surface area contributed by atoms with E-state index in [1.165, 1.54) is 31.0 Å². The molecule has 1 aromatic heterocycles. The molecule has 0 atom stereocenters. The number of aryl methyl sites for hydroxylation is 2. The Hall–Kier alpha value is -2.80. The standard InChI is InChI=1S/C26H32N4O2S/c1-18-12-13-19(2)23(14-18)24(31)17-33-26-29-28-25(30(26)21-9-5-4-6-10-21)16-27-20-8-7-11-22(15-20)32-3/h7-8,11-15,21,27H,4-6,9-10,16-17H2,1-3H3. The van der Waals surface area contributed by atoms with Crippen LogP contribution < -0.4 is 10.1 Å². The van der Waals surface area contributed by atoms with Gasteiger partial charge in [0.1, 0.15) is 5.75 Å². The number of nitrogens with zero attached hydrogens (tertiary/aromatic N) is 3. The predicted molar refractivity (Wildman–Crippen MR) is 133 cm³/mol. The third kappa shape index (κ3) is 5.77. The maximum atomic E-state index is 13.0. The van der Waals surface area contributed by atoms with E-state index in [1.807, 2.05) is 56.3 Å². The largest absolute Gasteiger partial charge is 0.497 e. The third-order valence-electron chi connectivity index (χ3n) is 6.22. The number of anilines is 1. The van der Waals surface area contributed by atoms with Gasteiger partial charge in [-0.25, -0.2) is 0 Å². The van der Waals surface area contributed by atoms with Crippen LogP contribution in [-0.2, 0) is 6.54 Å². The van der Waals surface area contributed by atoms with E-state index in [4.69, 9.17) is 4.74 Å². The van der Waals surface area contributed by atoms with Crippen molar-refractivity contribution in [2.45, 2.75) is 63.7 Å². The first-order valence-electron chi connectivity index (χ1n) is 11.6. The number of carbonyl (C=O) groups excluding carboxylic acids is 1. The van der Waals surface area contributed by atoms with Gasteiger partial charge >= 0.3 is 0 Å². The van der Waals surface area contributed by atoms with Crippen LogP contribution in [0.3, 0.4) is 0 Å². The van der Waals surface area contributed by atoms with Gasteiger partial charge in [-0.1, -0.05) is 54.8 Å². The van der Waals surface area contributed by atoms with Crippen molar-refractivity contribution in [1.82, 2.24) is 14.8 Å². The smallest absolute Gasteiger partial charge is 0.191 e. The Morgan fingerprint density at radius 1 is 1.12 bits per heavy atom. The number of methoxy groups -OCH3 is 1. The number of hydrogen-bond donors (Lipinski definition) is 1. The molecular weight excluding hydrogens is 432 g/mol. The van der Waals surface area contributed by atoms with E-state index in [2.05, 4.69) is 20.1 Å². The Morgan fingerprint density at radius 3 is 2.73 bits per heavy atom. The maximum absolute atomic E-state index is 13.0. The first-order valence-corrected chi connectivity index (χ1v) is 12.6.